The van der Waals surface area contributed by atoms with Crippen LogP contribution in [0.2, 0.25) is 0 Å². The molecule has 0 unspecified atom stereocenters. The second-order valence-corrected chi connectivity index (χ2v) is 5.11. The summed E-state index contributed by atoms with van der Waals surface area (Å²) in [7, 11) is 0. The zero-order valence-electron chi connectivity index (χ0n) is 12.8. The van der Waals surface area contributed by atoms with E-state index in [1.165, 1.54) is 42.6 Å². The number of halogens is 3. The minimum absolute atomic E-state index is 0.00997. The van der Waals surface area contributed by atoms with Gasteiger partial charge in [0.1, 0.15) is 23.1 Å². The molecule has 0 saturated carbocycles. The van der Waals surface area contributed by atoms with Gasteiger partial charge in [-0.1, -0.05) is 12.1 Å². The molecule has 126 valence electrons. The van der Waals surface area contributed by atoms with Crippen LogP contribution in [0.25, 0.3) is 0 Å². The molecule has 7 heteroatoms. The number of hydrogen-bond acceptors (Lipinski definition) is 3. The minimum Gasteiger partial charge on any atom is -0.353 e. The smallest absolute Gasteiger partial charge is 0.274 e. The maximum Gasteiger partial charge on any atom is 0.274 e. The Bertz CT molecular complexity index is 931. The van der Waals surface area contributed by atoms with E-state index in [9.17, 15) is 18.0 Å². The Morgan fingerprint density at radius 2 is 1.68 bits per heavy atom. The highest BCUT2D eigenvalue weighted by Gasteiger charge is 2.11. The van der Waals surface area contributed by atoms with Gasteiger partial charge in [-0.25, -0.2) is 13.2 Å². The molecule has 0 aliphatic carbocycles. The fourth-order valence-corrected chi connectivity index (χ4v) is 2.13. The van der Waals surface area contributed by atoms with Crippen molar-refractivity contribution in [3.8, 4) is 0 Å². The van der Waals surface area contributed by atoms with Crippen LogP contribution in [0.4, 0.5) is 30.2 Å². The Hall–Kier alpha value is -3.35. The molecule has 2 N–H and O–H groups in total. The summed E-state index contributed by atoms with van der Waals surface area (Å²) in [5.41, 5.74) is 0.459. The van der Waals surface area contributed by atoms with Gasteiger partial charge in [0, 0.05) is 18.0 Å². The first-order chi connectivity index (χ1) is 12.0. The molecule has 0 bridgehead atoms. The molecular weight excluding hydrogens is 331 g/mol. The molecule has 0 radical (unpaired) electrons. The molecule has 1 heterocycles. The summed E-state index contributed by atoms with van der Waals surface area (Å²) in [6.45, 7) is 0. The van der Waals surface area contributed by atoms with Crippen molar-refractivity contribution >= 4 is 23.0 Å². The summed E-state index contributed by atoms with van der Waals surface area (Å²) in [5, 5.41) is 5.14. The Morgan fingerprint density at radius 3 is 2.44 bits per heavy atom. The molecule has 1 aromatic heterocycles. The molecule has 4 nitrogen and oxygen atoms in total. The summed E-state index contributed by atoms with van der Waals surface area (Å²) in [5.74, 6) is -2.65. The zero-order valence-corrected chi connectivity index (χ0v) is 12.8. The van der Waals surface area contributed by atoms with E-state index in [1.54, 1.807) is 6.07 Å². The van der Waals surface area contributed by atoms with Gasteiger partial charge < -0.3 is 10.6 Å². The lowest BCUT2D eigenvalue weighted by Crippen LogP contribution is -2.14. The van der Waals surface area contributed by atoms with Gasteiger partial charge in [-0.05, 0) is 36.4 Å². The first-order valence-electron chi connectivity index (χ1n) is 7.27. The van der Waals surface area contributed by atoms with Crippen molar-refractivity contribution in [1.82, 2.24) is 4.98 Å². The Kier molecular flexibility index (Phi) is 4.65. The van der Waals surface area contributed by atoms with Crippen molar-refractivity contribution in [2.45, 2.75) is 0 Å². The van der Waals surface area contributed by atoms with Crippen LogP contribution >= 0.6 is 0 Å². The standard InChI is InChI=1S/C18H12F3N3O/c19-11-5-6-16(14(21)9-11)23-12-7-8-22-17(10-12)18(25)24-15-4-2-1-3-13(15)20/h1-10H,(H,22,23)(H,24,25). The van der Waals surface area contributed by atoms with Gasteiger partial charge >= 0.3 is 0 Å². The van der Waals surface area contributed by atoms with Crippen molar-refractivity contribution in [1.29, 1.82) is 0 Å². The van der Waals surface area contributed by atoms with Gasteiger partial charge in [-0.2, -0.15) is 0 Å². The number of aromatic nitrogens is 1. The van der Waals surface area contributed by atoms with E-state index in [0.29, 0.717) is 5.69 Å². The summed E-state index contributed by atoms with van der Waals surface area (Å²) in [6, 6.07) is 11.7. The van der Waals surface area contributed by atoms with Crippen molar-refractivity contribution in [2.75, 3.05) is 10.6 Å². The van der Waals surface area contributed by atoms with Gasteiger partial charge in [-0.3, -0.25) is 9.78 Å². The SMILES string of the molecule is O=C(Nc1ccccc1F)c1cc(Nc2ccc(F)cc2F)ccn1. The van der Waals surface area contributed by atoms with E-state index in [-0.39, 0.29) is 17.1 Å². The number of para-hydroxylation sites is 1. The molecule has 0 atom stereocenters. The van der Waals surface area contributed by atoms with E-state index in [0.717, 1.165) is 12.1 Å². The highest BCUT2D eigenvalue weighted by atomic mass is 19.1. The third kappa shape index (κ3) is 3.95. The first kappa shape index (κ1) is 16.5. The number of carbonyl (C=O) groups is 1. The van der Waals surface area contributed by atoms with E-state index in [2.05, 4.69) is 15.6 Å². The molecular formula is C18H12F3N3O. The zero-order chi connectivity index (χ0) is 17.8. The number of benzene rings is 2. The largest absolute Gasteiger partial charge is 0.353 e. The number of amides is 1. The molecule has 25 heavy (non-hydrogen) atoms. The van der Waals surface area contributed by atoms with Gasteiger partial charge in [0.05, 0.1) is 11.4 Å². The van der Waals surface area contributed by atoms with Gasteiger partial charge in [0.2, 0.25) is 0 Å². The number of anilines is 3. The Balaban J connectivity index is 1.79. The van der Waals surface area contributed by atoms with E-state index >= 15 is 0 Å². The number of hydrogen-bond donors (Lipinski definition) is 2. The highest BCUT2D eigenvalue weighted by molar-refractivity contribution is 6.03. The first-order valence-corrected chi connectivity index (χ1v) is 7.27. The van der Waals surface area contributed by atoms with Crippen molar-refractivity contribution in [2.24, 2.45) is 0 Å². The quantitative estimate of drug-likeness (QED) is 0.734. The summed E-state index contributed by atoms with van der Waals surface area (Å²) in [6.07, 6.45) is 1.35. The minimum atomic E-state index is -0.769. The molecule has 1 amide bonds. The second-order valence-electron chi connectivity index (χ2n) is 5.11. The molecule has 0 saturated heterocycles. The van der Waals surface area contributed by atoms with Gasteiger partial charge in [0.15, 0.2) is 0 Å². The maximum absolute atomic E-state index is 13.7. The molecule has 3 aromatic rings. The van der Waals surface area contributed by atoms with Crippen LogP contribution < -0.4 is 10.6 Å². The summed E-state index contributed by atoms with van der Waals surface area (Å²) < 4.78 is 40.2. The van der Waals surface area contributed by atoms with Crippen LogP contribution in [-0.2, 0) is 0 Å². The molecule has 2 aromatic carbocycles. The van der Waals surface area contributed by atoms with Crippen LogP contribution in [0, 0.1) is 17.5 Å². The number of nitrogens with one attached hydrogen (secondary N) is 2. The number of rotatable bonds is 4. The fourth-order valence-electron chi connectivity index (χ4n) is 2.13. The summed E-state index contributed by atoms with van der Waals surface area (Å²) in [4.78, 5) is 16.1. The molecule has 0 aliphatic heterocycles. The number of pyridine rings is 1. The van der Waals surface area contributed by atoms with Crippen molar-refractivity contribution in [3.05, 3.63) is 83.9 Å². The van der Waals surface area contributed by atoms with E-state index < -0.39 is 23.4 Å². The van der Waals surface area contributed by atoms with Crippen molar-refractivity contribution < 1.29 is 18.0 Å². The monoisotopic (exact) mass is 343 g/mol. The van der Waals surface area contributed by atoms with Gasteiger partial charge in [0.25, 0.3) is 5.91 Å². The van der Waals surface area contributed by atoms with E-state index in [4.69, 9.17) is 0 Å². The van der Waals surface area contributed by atoms with E-state index in [1.807, 2.05) is 0 Å². The molecule has 0 aliphatic rings. The average Bonchev–Trinajstić information content (AvgIpc) is 2.60. The molecule has 0 spiro atoms. The number of nitrogens with zero attached hydrogens (tertiary/aromatic N) is 1. The lowest BCUT2D eigenvalue weighted by molar-refractivity contribution is 0.102. The fraction of sp³-hybridized carbons (Fsp3) is 0. The molecule has 0 fully saturated rings. The highest BCUT2D eigenvalue weighted by Crippen LogP contribution is 2.21. The van der Waals surface area contributed by atoms with Crippen LogP contribution in [0.1, 0.15) is 10.5 Å². The third-order valence-corrected chi connectivity index (χ3v) is 3.32. The Labute approximate surface area is 141 Å². The van der Waals surface area contributed by atoms with Crippen LogP contribution in [0.3, 0.4) is 0 Å². The predicted molar refractivity (Wildman–Crippen MR) is 88.2 cm³/mol. The van der Waals surface area contributed by atoms with Crippen LogP contribution in [0.15, 0.2) is 60.8 Å². The van der Waals surface area contributed by atoms with Gasteiger partial charge in [-0.15, -0.1) is 0 Å². The van der Waals surface area contributed by atoms with Crippen LogP contribution in [0.5, 0.6) is 0 Å². The number of carbonyl (C=O) groups excluding carboxylic acids is 1. The molecule has 3 rings (SSSR count). The third-order valence-electron chi connectivity index (χ3n) is 3.32. The topological polar surface area (TPSA) is 54.0 Å². The second kappa shape index (κ2) is 7.04. The van der Waals surface area contributed by atoms with Crippen molar-refractivity contribution in [3.63, 3.8) is 0 Å². The normalized spacial score (nSPS) is 10.4. The summed E-state index contributed by atoms with van der Waals surface area (Å²) >= 11 is 0. The lowest BCUT2D eigenvalue weighted by atomic mass is 10.2. The lowest BCUT2D eigenvalue weighted by Gasteiger charge is -2.09. The Morgan fingerprint density at radius 1 is 0.880 bits per heavy atom. The maximum atomic E-state index is 13.7. The predicted octanol–water partition coefficient (Wildman–Crippen LogP) is 4.49. The van der Waals surface area contributed by atoms with Crippen LogP contribution in [-0.4, -0.2) is 10.9 Å². The average molecular weight is 343 g/mol.